The number of carbonyl (C=O) groups is 2. The highest BCUT2D eigenvalue weighted by Gasteiger charge is 2.45. The van der Waals surface area contributed by atoms with E-state index in [0.717, 1.165) is 29.0 Å². The second kappa shape index (κ2) is 6.83. The predicted molar refractivity (Wildman–Crippen MR) is 94.5 cm³/mol. The lowest BCUT2D eigenvalue weighted by Gasteiger charge is -2.18. The number of carbonyl (C=O) groups excluding carboxylic acids is 2. The van der Waals surface area contributed by atoms with E-state index in [0.29, 0.717) is 18.8 Å². The van der Waals surface area contributed by atoms with E-state index in [4.69, 9.17) is 14.2 Å². The maximum Gasteiger partial charge on any atom is 0.309 e. The Labute approximate surface area is 151 Å². The van der Waals surface area contributed by atoms with Crippen molar-refractivity contribution in [2.45, 2.75) is 25.9 Å². The lowest BCUT2D eigenvalue weighted by Crippen LogP contribution is -2.15. The molecule has 0 amide bonds. The van der Waals surface area contributed by atoms with Crippen LogP contribution in [0.3, 0.4) is 0 Å². The highest BCUT2D eigenvalue weighted by atomic mass is 16.6. The largest absolute Gasteiger partial charge is 0.486 e. The third kappa shape index (κ3) is 3.43. The first-order chi connectivity index (χ1) is 12.6. The van der Waals surface area contributed by atoms with Gasteiger partial charge in [0.15, 0.2) is 17.3 Å². The number of fused-ring (bicyclic) bond motifs is 1. The summed E-state index contributed by atoms with van der Waals surface area (Å²) < 4.78 is 16.6. The summed E-state index contributed by atoms with van der Waals surface area (Å²) in [6, 6.07) is 13.0. The van der Waals surface area contributed by atoms with E-state index in [1.54, 1.807) is 18.2 Å². The van der Waals surface area contributed by atoms with Crippen LogP contribution in [0.5, 0.6) is 11.5 Å². The summed E-state index contributed by atoms with van der Waals surface area (Å²) in [5, 5.41) is 0. The third-order valence-corrected chi connectivity index (χ3v) is 4.80. The summed E-state index contributed by atoms with van der Waals surface area (Å²) in [5.41, 5.74) is 2.52. The van der Waals surface area contributed by atoms with Gasteiger partial charge in [-0.15, -0.1) is 0 Å². The van der Waals surface area contributed by atoms with Gasteiger partial charge in [-0.05, 0) is 48.6 Å². The zero-order chi connectivity index (χ0) is 18.1. The standard InChI is InChI=1S/C21H20O5/c1-13(22)15-4-2-3-14(9-15)12-26-21(23)18-11-17(18)16-5-6-19-20(10-16)25-8-7-24-19/h2-6,9-10,17-18H,7-8,11-12H2,1H3/t17-,18-/m1/s1. The topological polar surface area (TPSA) is 61.8 Å². The normalized spacial score (nSPS) is 20.3. The first-order valence-corrected chi connectivity index (χ1v) is 8.78. The van der Waals surface area contributed by atoms with Gasteiger partial charge in [0.05, 0.1) is 5.92 Å². The van der Waals surface area contributed by atoms with Crippen molar-refractivity contribution in [2.75, 3.05) is 13.2 Å². The van der Waals surface area contributed by atoms with Crippen molar-refractivity contribution < 1.29 is 23.8 Å². The smallest absolute Gasteiger partial charge is 0.309 e. The van der Waals surface area contributed by atoms with Crippen molar-refractivity contribution in [1.29, 1.82) is 0 Å². The van der Waals surface area contributed by atoms with Crippen LogP contribution in [0.4, 0.5) is 0 Å². The van der Waals surface area contributed by atoms with Crippen LogP contribution in [0.2, 0.25) is 0 Å². The number of esters is 1. The number of benzene rings is 2. The average molecular weight is 352 g/mol. The number of ether oxygens (including phenoxy) is 3. The van der Waals surface area contributed by atoms with Crippen LogP contribution < -0.4 is 9.47 Å². The maximum atomic E-state index is 12.3. The Morgan fingerprint density at radius 2 is 1.88 bits per heavy atom. The van der Waals surface area contributed by atoms with Gasteiger partial charge in [-0.1, -0.05) is 24.3 Å². The van der Waals surface area contributed by atoms with E-state index in [-0.39, 0.29) is 30.2 Å². The van der Waals surface area contributed by atoms with E-state index < -0.39 is 0 Å². The summed E-state index contributed by atoms with van der Waals surface area (Å²) >= 11 is 0. The number of hydrogen-bond acceptors (Lipinski definition) is 5. The zero-order valence-electron chi connectivity index (χ0n) is 14.6. The fourth-order valence-electron chi connectivity index (χ4n) is 3.26. The lowest BCUT2D eigenvalue weighted by molar-refractivity contribution is -0.146. The Hall–Kier alpha value is -2.82. The Bertz CT molecular complexity index is 857. The van der Waals surface area contributed by atoms with Gasteiger partial charge >= 0.3 is 5.97 Å². The van der Waals surface area contributed by atoms with Crippen LogP contribution in [0.25, 0.3) is 0 Å². The van der Waals surface area contributed by atoms with Crippen molar-refractivity contribution in [1.82, 2.24) is 0 Å². The molecule has 5 heteroatoms. The fourth-order valence-corrected chi connectivity index (χ4v) is 3.26. The molecule has 2 aromatic carbocycles. The molecule has 0 aromatic heterocycles. The van der Waals surface area contributed by atoms with Crippen LogP contribution in [0.15, 0.2) is 42.5 Å². The lowest BCUT2D eigenvalue weighted by atomic mass is 10.1. The van der Waals surface area contributed by atoms with Crippen LogP contribution >= 0.6 is 0 Å². The number of hydrogen-bond donors (Lipinski definition) is 0. The molecule has 0 N–H and O–H groups in total. The van der Waals surface area contributed by atoms with Gasteiger partial charge < -0.3 is 14.2 Å². The van der Waals surface area contributed by atoms with E-state index in [1.165, 1.54) is 6.92 Å². The molecule has 2 aliphatic rings. The van der Waals surface area contributed by atoms with E-state index in [1.807, 2.05) is 24.3 Å². The highest BCUT2D eigenvalue weighted by Crippen LogP contribution is 2.50. The first-order valence-electron chi connectivity index (χ1n) is 8.78. The quantitative estimate of drug-likeness (QED) is 0.609. The van der Waals surface area contributed by atoms with Crippen molar-refractivity contribution in [2.24, 2.45) is 5.92 Å². The molecule has 1 saturated carbocycles. The monoisotopic (exact) mass is 352 g/mol. The summed E-state index contributed by atoms with van der Waals surface area (Å²) in [6.45, 7) is 2.82. The summed E-state index contributed by atoms with van der Waals surface area (Å²) in [7, 11) is 0. The van der Waals surface area contributed by atoms with Gasteiger partial charge in [-0.3, -0.25) is 9.59 Å². The van der Waals surface area contributed by atoms with E-state index in [2.05, 4.69) is 0 Å². The first kappa shape index (κ1) is 16.6. The van der Waals surface area contributed by atoms with Crippen LogP contribution in [-0.2, 0) is 16.1 Å². The maximum absolute atomic E-state index is 12.3. The summed E-state index contributed by atoms with van der Waals surface area (Å²) in [5.74, 6) is 1.35. The van der Waals surface area contributed by atoms with Crippen molar-refractivity contribution >= 4 is 11.8 Å². The number of ketones is 1. The molecule has 1 aliphatic heterocycles. The van der Waals surface area contributed by atoms with Crippen LogP contribution in [0, 0.1) is 5.92 Å². The minimum atomic E-state index is -0.196. The van der Waals surface area contributed by atoms with Crippen LogP contribution in [-0.4, -0.2) is 25.0 Å². The number of Topliss-reactive ketones (excluding diaryl/α,β-unsaturated/α-hetero) is 1. The molecule has 26 heavy (non-hydrogen) atoms. The SMILES string of the molecule is CC(=O)c1cccc(COC(=O)[C@@H]2C[C@@H]2c2ccc3c(c2)OCCO3)c1. The average Bonchev–Trinajstić information content (AvgIpc) is 3.47. The Morgan fingerprint density at radius 1 is 1.08 bits per heavy atom. The minimum absolute atomic E-state index is 0.000887. The van der Waals surface area contributed by atoms with Gasteiger partial charge in [0.2, 0.25) is 0 Å². The second-order valence-corrected chi connectivity index (χ2v) is 6.72. The van der Waals surface area contributed by atoms with Crippen molar-refractivity contribution in [3.8, 4) is 11.5 Å². The zero-order valence-corrected chi connectivity index (χ0v) is 14.6. The van der Waals surface area contributed by atoms with Crippen molar-refractivity contribution in [3.63, 3.8) is 0 Å². The minimum Gasteiger partial charge on any atom is -0.486 e. The van der Waals surface area contributed by atoms with Crippen LogP contribution in [0.1, 0.15) is 40.7 Å². The van der Waals surface area contributed by atoms with E-state index >= 15 is 0 Å². The molecule has 1 aliphatic carbocycles. The van der Waals surface area contributed by atoms with Gasteiger partial charge in [-0.2, -0.15) is 0 Å². The highest BCUT2D eigenvalue weighted by molar-refractivity contribution is 5.94. The Kier molecular flexibility index (Phi) is 4.37. The van der Waals surface area contributed by atoms with Gasteiger partial charge in [0.25, 0.3) is 0 Å². The summed E-state index contributed by atoms with van der Waals surface area (Å²) in [4.78, 5) is 23.8. The molecular formula is C21H20O5. The molecule has 2 aromatic rings. The molecule has 2 atom stereocenters. The Balaban J connectivity index is 1.36. The van der Waals surface area contributed by atoms with Gasteiger partial charge in [-0.25, -0.2) is 0 Å². The second-order valence-electron chi connectivity index (χ2n) is 6.72. The van der Waals surface area contributed by atoms with E-state index in [9.17, 15) is 9.59 Å². The fraction of sp³-hybridized carbons (Fsp3) is 0.333. The predicted octanol–water partition coefficient (Wildman–Crippen LogP) is 3.51. The molecule has 134 valence electrons. The molecule has 0 unspecified atom stereocenters. The Morgan fingerprint density at radius 3 is 2.69 bits per heavy atom. The molecule has 0 bridgehead atoms. The molecule has 5 nitrogen and oxygen atoms in total. The van der Waals surface area contributed by atoms with Crippen molar-refractivity contribution in [3.05, 3.63) is 59.2 Å². The molecular weight excluding hydrogens is 332 g/mol. The molecule has 4 rings (SSSR count). The molecule has 0 saturated heterocycles. The third-order valence-electron chi connectivity index (χ3n) is 4.80. The van der Waals surface area contributed by atoms with Gasteiger partial charge in [0.1, 0.15) is 19.8 Å². The molecule has 1 fully saturated rings. The number of rotatable bonds is 5. The molecule has 0 spiro atoms. The summed E-state index contributed by atoms with van der Waals surface area (Å²) in [6.07, 6.45) is 0.784. The molecule has 0 radical (unpaired) electrons. The van der Waals surface area contributed by atoms with Gasteiger partial charge in [0, 0.05) is 5.56 Å². The molecule has 1 heterocycles.